The second-order valence-corrected chi connectivity index (χ2v) is 7.31. The van der Waals surface area contributed by atoms with Gasteiger partial charge in [0.05, 0.1) is 16.3 Å². The predicted molar refractivity (Wildman–Crippen MR) is 87.1 cm³/mol. The van der Waals surface area contributed by atoms with Crippen molar-refractivity contribution in [2.45, 2.75) is 11.3 Å². The molecule has 0 unspecified atom stereocenters. The zero-order valence-electron chi connectivity index (χ0n) is 12.7. The molecule has 124 valence electrons. The Morgan fingerprint density at radius 3 is 2.17 bits per heavy atom. The molecular weight excluding hydrogens is 334 g/mol. The van der Waals surface area contributed by atoms with Gasteiger partial charge in [-0.1, -0.05) is 30.3 Å². The van der Waals surface area contributed by atoms with Gasteiger partial charge in [-0.3, -0.25) is 0 Å². The van der Waals surface area contributed by atoms with Gasteiger partial charge >= 0.3 is 0 Å². The predicted octanol–water partition coefficient (Wildman–Crippen LogP) is 3.88. The molecule has 0 saturated carbocycles. The third kappa shape index (κ3) is 3.21. The first-order valence-electron chi connectivity index (χ1n) is 7.10. The third-order valence-electron chi connectivity index (χ3n) is 3.53. The topological polar surface area (TPSA) is 52.0 Å². The Morgan fingerprint density at radius 1 is 1.00 bits per heavy atom. The zero-order valence-corrected chi connectivity index (χ0v) is 13.5. The molecule has 3 aromatic rings. The van der Waals surface area contributed by atoms with E-state index < -0.39 is 16.3 Å². The lowest BCUT2D eigenvalue weighted by molar-refractivity contribution is 0.145. The molecular formula is C17H14F2N2O2S. The Bertz CT molecular complexity index is 950. The quantitative estimate of drug-likeness (QED) is 0.719. The first-order valence-corrected chi connectivity index (χ1v) is 8.99. The van der Waals surface area contributed by atoms with Crippen molar-refractivity contribution in [3.8, 4) is 16.9 Å². The fraction of sp³-hybridized carbons (Fsp3) is 0.118. The van der Waals surface area contributed by atoms with E-state index in [4.69, 9.17) is 0 Å². The van der Waals surface area contributed by atoms with E-state index >= 15 is 0 Å². The van der Waals surface area contributed by atoms with E-state index in [9.17, 15) is 17.2 Å². The smallest absolute Gasteiger partial charge is 0.233 e. The number of benzene rings is 2. The van der Waals surface area contributed by atoms with Gasteiger partial charge in [0.1, 0.15) is 5.69 Å². The molecule has 4 nitrogen and oxygen atoms in total. The van der Waals surface area contributed by atoms with Gasteiger partial charge in [-0.15, -0.1) is 0 Å². The molecule has 7 heteroatoms. The van der Waals surface area contributed by atoms with Crippen molar-refractivity contribution in [2.75, 3.05) is 6.26 Å². The second-order valence-electron chi connectivity index (χ2n) is 5.30. The van der Waals surface area contributed by atoms with Crippen molar-refractivity contribution in [3.05, 3.63) is 66.4 Å². The van der Waals surface area contributed by atoms with Crippen LogP contribution in [-0.2, 0) is 9.84 Å². The number of alkyl halides is 2. The summed E-state index contributed by atoms with van der Waals surface area (Å²) in [5, 5.41) is 3.97. The van der Waals surface area contributed by atoms with E-state index in [1.54, 1.807) is 24.3 Å². The highest BCUT2D eigenvalue weighted by atomic mass is 32.2. The highest BCUT2D eigenvalue weighted by molar-refractivity contribution is 7.90. The van der Waals surface area contributed by atoms with Crippen LogP contribution in [0.5, 0.6) is 0 Å². The van der Waals surface area contributed by atoms with Crippen LogP contribution in [0.4, 0.5) is 8.78 Å². The Hall–Kier alpha value is -2.54. The largest absolute Gasteiger partial charge is 0.282 e. The molecule has 0 aliphatic heterocycles. The van der Waals surface area contributed by atoms with Crippen molar-refractivity contribution in [1.29, 1.82) is 0 Å². The van der Waals surface area contributed by atoms with E-state index in [2.05, 4.69) is 5.10 Å². The van der Waals surface area contributed by atoms with Gasteiger partial charge in [-0.05, 0) is 30.3 Å². The molecule has 0 aliphatic carbocycles. The molecule has 24 heavy (non-hydrogen) atoms. The fourth-order valence-electron chi connectivity index (χ4n) is 2.35. The Morgan fingerprint density at radius 2 is 1.62 bits per heavy atom. The summed E-state index contributed by atoms with van der Waals surface area (Å²) in [6.45, 7) is 0. The zero-order chi connectivity index (χ0) is 17.3. The molecule has 1 heterocycles. The van der Waals surface area contributed by atoms with Gasteiger partial charge in [0, 0.05) is 11.8 Å². The molecule has 0 N–H and O–H groups in total. The summed E-state index contributed by atoms with van der Waals surface area (Å²) in [5.74, 6) is 0. The molecule has 0 fully saturated rings. The van der Waals surface area contributed by atoms with Gasteiger partial charge in [-0.25, -0.2) is 21.9 Å². The number of halogens is 2. The second kappa shape index (κ2) is 6.16. The van der Waals surface area contributed by atoms with E-state index in [-0.39, 0.29) is 10.6 Å². The summed E-state index contributed by atoms with van der Waals surface area (Å²) in [5.41, 5.74) is 1.43. The summed E-state index contributed by atoms with van der Waals surface area (Å²) >= 11 is 0. The molecule has 0 spiro atoms. The van der Waals surface area contributed by atoms with E-state index in [1.165, 1.54) is 22.9 Å². The van der Waals surface area contributed by atoms with Crippen LogP contribution in [0.1, 0.15) is 12.1 Å². The lowest BCUT2D eigenvalue weighted by atomic mass is 10.1. The summed E-state index contributed by atoms with van der Waals surface area (Å²) < 4.78 is 50.6. The van der Waals surface area contributed by atoms with Crippen LogP contribution < -0.4 is 0 Å². The van der Waals surface area contributed by atoms with Crippen molar-refractivity contribution in [2.24, 2.45) is 0 Å². The third-order valence-corrected chi connectivity index (χ3v) is 4.66. The minimum absolute atomic E-state index is 0.161. The van der Waals surface area contributed by atoms with Crippen molar-refractivity contribution < 1.29 is 17.2 Å². The number of aromatic nitrogens is 2. The lowest BCUT2D eigenvalue weighted by Crippen LogP contribution is -2.02. The fourth-order valence-corrected chi connectivity index (χ4v) is 2.98. The normalized spacial score (nSPS) is 11.8. The van der Waals surface area contributed by atoms with Crippen molar-refractivity contribution in [1.82, 2.24) is 9.78 Å². The number of hydrogen-bond acceptors (Lipinski definition) is 3. The Labute approximate surface area is 138 Å². The molecule has 0 bridgehead atoms. The Kier molecular flexibility index (Phi) is 4.19. The number of rotatable bonds is 4. The van der Waals surface area contributed by atoms with Crippen molar-refractivity contribution >= 4 is 9.84 Å². The maximum absolute atomic E-state index is 13.1. The molecule has 0 aliphatic rings. The highest BCUT2D eigenvalue weighted by Crippen LogP contribution is 2.28. The van der Waals surface area contributed by atoms with Crippen LogP contribution in [-0.4, -0.2) is 24.5 Å². The van der Waals surface area contributed by atoms with Crippen LogP contribution in [0.15, 0.2) is 65.6 Å². The lowest BCUT2D eigenvalue weighted by Gasteiger charge is -2.08. The number of nitrogens with zero attached hydrogens (tertiary/aromatic N) is 2. The van der Waals surface area contributed by atoms with Gasteiger partial charge < -0.3 is 0 Å². The van der Waals surface area contributed by atoms with Gasteiger partial charge in [-0.2, -0.15) is 5.10 Å². The molecule has 0 amide bonds. The average molecular weight is 348 g/mol. The van der Waals surface area contributed by atoms with Gasteiger partial charge in [0.15, 0.2) is 9.84 Å². The van der Waals surface area contributed by atoms with Crippen molar-refractivity contribution in [3.63, 3.8) is 0 Å². The molecule has 0 atom stereocenters. The molecule has 2 aromatic carbocycles. The highest BCUT2D eigenvalue weighted by Gasteiger charge is 2.18. The summed E-state index contributed by atoms with van der Waals surface area (Å²) in [7, 11) is -3.32. The monoisotopic (exact) mass is 348 g/mol. The van der Waals surface area contributed by atoms with E-state index in [0.29, 0.717) is 11.4 Å². The molecule has 0 saturated heterocycles. The summed E-state index contributed by atoms with van der Waals surface area (Å²) in [6.07, 6.45) is -1.58. The summed E-state index contributed by atoms with van der Waals surface area (Å²) in [6, 6.07) is 16.3. The minimum atomic E-state index is -3.32. The maximum atomic E-state index is 13.1. The van der Waals surface area contributed by atoms with Crippen LogP contribution >= 0.6 is 0 Å². The van der Waals surface area contributed by atoms with Crippen LogP contribution in [0, 0.1) is 0 Å². The van der Waals surface area contributed by atoms with E-state index in [0.717, 1.165) is 11.8 Å². The van der Waals surface area contributed by atoms with Crippen LogP contribution in [0.2, 0.25) is 0 Å². The maximum Gasteiger partial charge on any atom is 0.282 e. The average Bonchev–Trinajstić information content (AvgIpc) is 3.00. The van der Waals surface area contributed by atoms with Crippen LogP contribution in [0.3, 0.4) is 0 Å². The van der Waals surface area contributed by atoms with E-state index in [1.807, 2.05) is 18.2 Å². The standard InChI is InChI=1S/C17H14F2N2O2S/c1-24(22,23)14-9-7-13(8-10-14)21-16(11-15(20-21)17(18)19)12-5-3-2-4-6-12/h2-11,17H,1H3. The first kappa shape index (κ1) is 16.3. The molecule has 1 aromatic heterocycles. The molecule has 0 radical (unpaired) electrons. The number of sulfone groups is 1. The Balaban J connectivity index is 2.13. The first-order chi connectivity index (χ1) is 11.4. The van der Waals surface area contributed by atoms with Gasteiger partial charge in [0.25, 0.3) is 6.43 Å². The SMILES string of the molecule is CS(=O)(=O)c1ccc(-n2nc(C(F)F)cc2-c2ccccc2)cc1. The molecule has 3 rings (SSSR count). The summed E-state index contributed by atoms with van der Waals surface area (Å²) in [4.78, 5) is 0.161. The van der Waals surface area contributed by atoms with Crippen LogP contribution in [0.25, 0.3) is 16.9 Å². The van der Waals surface area contributed by atoms with Gasteiger partial charge in [0.2, 0.25) is 0 Å². The number of hydrogen-bond donors (Lipinski definition) is 0. The minimum Gasteiger partial charge on any atom is -0.233 e.